The van der Waals surface area contributed by atoms with Gasteiger partial charge in [0.15, 0.2) is 0 Å². The van der Waals surface area contributed by atoms with Crippen LogP contribution in [0.1, 0.15) is 30.6 Å². The van der Waals surface area contributed by atoms with Gasteiger partial charge in [-0.2, -0.15) is 0 Å². The SMILES string of the molecule is CCOc1c(C(=O)NCC(C)CCCl)cccc1[N+](=O)[O-]. The molecule has 0 saturated heterocycles. The van der Waals surface area contributed by atoms with Gasteiger partial charge in [-0.25, -0.2) is 0 Å². The lowest BCUT2D eigenvalue weighted by Gasteiger charge is -2.13. The van der Waals surface area contributed by atoms with Crippen LogP contribution in [0.15, 0.2) is 18.2 Å². The molecule has 1 aromatic carbocycles. The van der Waals surface area contributed by atoms with E-state index in [1.165, 1.54) is 18.2 Å². The van der Waals surface area contributed by atoms with Crippen LogP contribution < -0.4 is 10.1 Å². The topological polar surface area (TPSA) is 81.5 Å². The fraction of sp³-hybridized carbons (Fsp3) is 0.500. The van der Waals surface area contributed by atoms with Crippen molar-refractivity contribution in [1.29, 1.82) is 0 Å². The second-order valence-electron chi connectivity index (χ2n) is 4.64. The maximum atomic E-state index is 12.2. The number of para-hydroxylation sites is 1. The molecule has 0 saturated carbocycles. The number of nitrogens with one attached hydrogen (secondary N) is 1. The van der Waals surface area contributed by atoms with Gasteiger partial charge >= 0.3 is 5.69 Å². The molecule has 116 valence electrons. The Morgan fingerprint density at radius 1 is 1.52 bits per heavy atom. The van der Waals surface area contributed by atoms with Crippen LogP contribution in [0, 0.1) is 16.0 Å². The summed E-state index contributed by atoms with van der Waals surface area (Å²) in [4.78, 5) is 22.6. The van der Waals surface area contributed by atoms with Crippen LogP contribution in [0.25, 0.3) is 0 Å². The van der Waals surface area contributed by atoms with E-state index in [1.54, 1.807) is 6.92 Å². The Labute approximate surface area is 128 Å². The van der Waals surface area contributed by atoms with Gasteiger partial charge in [0.2, 0.25) is 5.75 Å². The number of hydrogen-bond acceptors (Lipinski definition) is 4. The quantitative estimate of drug-likeness (QED) is 0.454. The number of carbonyl (C=O) groups is 1. The average Bonchev–Trinajstić information content (AvgIpc) is 2.45. The van der Waals surface area contributed by atoms with E-state index in [2.05, 4.69) is 5.32 Å². The summed E-state index contributed by atoms with van der Waals surface area (Å²) >= 11 is 5.64. The summed E-state index contributed by atoms with van der Waals surface area (Å²) < 4.78 is 5.28. The minimum absolute atomic E-state index is 0.00694. The van der Waals surface area contributed by atoms with Crippen molar-refractivity contribution in [3.8, 4) is 5.75 Å². The number of halogens is 1. The Balaban J connectivity index is 2.92. The molecule has 0 heterocycles. The van der Waals surface area contributed by atoms with Gasteiger partial charge in [-0.05, 0) is 25.3 Å². The third-order valence-electron chi connectivity index (χ3n) is 2.94. The zero-order chi connectivity index (χ0) is 15.8. The molecule has 1 aromatic rings. The number of rotatable bonds is 8. The van der Waals surface area contributed by atoms with Crippen LogP contribution in [-0.2, 0) is 0 Å². The predicted octanol–water partition coefficient (Wildman–Crippen LogP) is 2.99. The number of ether oxygens (including phenoxy) is 1. The molecule has 0 aliphatic rings. The molecule has 1 amide bonds. The van der Waals surface area contributed by atoms with E-state index in [0.29, 0.717) is 12.4 Å². The summed E-state index contributed by atoms with van der Waals surface area (Å²) in [6.45, 7) is 4.38. The molecule has 0 spiro atoms. The first-order valence-electron chi connectivity index (χ1n) is 6.75. The van der Waals surface area contributed by atoms with Crippen LogP contribution in [0.3, 0.4) is 0 Å². The van der Waals surface area contributed by atoms with Crippen molar-refractivity contribution < 1.29 is 14.5 Å². The Hall–Kier alpha value is -1.82. The van der Waals surface area contributed by atoms with Crippen molar-refractivity contribution in [3.05, 3.63) is 33.9 Å². The highest BCUT2D eigenvalue weighted by Crippen LogP contribution is 2.30. The first kappa shape index (κ1) is 17.2. The number of benzene rings is 1. The lowest BCUT2D eigenvalue weighted by Crippen LogP contribution is -2.29. The van der Waals surface area contributed by atoms with Crippen molar-refractivity contribution in [2.24, 2.45) is 5.92 Å². The van der Waals surface area contributed by atoms with Crippen LogP contribution in [0.2, 0.25) is 0 Å². The second kappa shape index (κ2) is 8.46. The molecule has 1 rings (SSSR count). The van der Waals surface area contributed by atoms with E-state index < -0.39 is 4.92 Å². The number of nitro groups is 1. The number of amides is 1. The van der Waals surface area contributed by atoms with Gasteiger partial charge in [-0.3, -0.25) is 14.9 Å². The number of carbonyl (C=O) groups excluding carboxylic acids is 1. The van der Waals surface area contributed by atoms with Gasteiger partial charge in [-0.1, -0.05) is 13.0 Å². The molecule has 0 radical (unpaired) electrons. The highest BCUT2D eigenvalue weighted by atomic mass is 35.5. The fourth-order valence-corrected chi connectivity index (χ4v) is 2.17. The Morgan fingerprint density at radius 2 is 2.24 bits per heavy atom. The van der Waals surface area contributed by atoms with Crippen LogP contribution in [0.4, 0.5) is 5.69 Å². The maximum absolute atomic E-state index is 12.2. The van der Waals surface area contributed by atoms with Gasteiger partial charge in [-0.15, -0.1) is 11.6 Å². The standard InChI is InChI=1S/C14H19ClN2O4/c1-3-21-13-11(5-4-6-12(13)17(19)20)14(18)16-9-10(2)7-8-15/h4-6,10H,3,7-9H2,1-2H3,(H,16,18). The molecule has 1 unspecified atom stereocenters. The number of nitro benzene ring substituents is 1. The van der Waals surface area contributed by atoms with Gasteiger partial charge in [0.05, 0.1) is 17.1 Å². The lowest BCUT2D eigenvalue weighted by atomic mass is 10.1. The van der Waals surface area contributed by atoms with E-state index in [9.17, 15) is 14.9 Å². The third-order valence-corrected chi connectivity index (χ3v) is 3.16. The molecule has 0 bridgehead atoms. The second-order valence-corrected chi connectivity index (χ2v) is 5.01. The normalized spacial score (nSPS) is 11.8. The van der Waals surface area contributed by atoms with Crippen LogP contribution >= 0.6 is 11.6 Å². The van der Waals surface area contributed by atoms with Gasteiger partial charge in [0.25, 0.3) is 5.91 Å². The zero-order valence-corrected chi connectivity index (χ0v) is 12.9. The van der Waals surface area contributed by atoms with Crippen molar-refractivity contribution in [2.45, 2.75) is 20.3 Å². The smallest absolute Gasteiger partial charge is 0.311 e. The van der Waals surface area contributed by atoms with Gasteiger partial charge < -0.3 is 10.1 Å². The average molecular weight is 315 g/mol. The first-order valence-corrected chi connectivity index (χ1v) is 7.29. The summed E-state index contributed by atoms with van der Waals surface area (Å²) in [5, 5.41) is 13.8. The predicted molar refractivity (Wildman–Crippen MR) is 81.1 cm³/mol. The van der Waals surface area contributed by atoms with Gasteiger partial charge in [0, 0.05) is 18.5 Å². The summed E-state index contributed by atoms with van der Waals surface area (Å²) in [7, 11) is 0. The minimum atomic E-state index is -0.558. The molecule has 0 aliphatic carbocycles. The summed E-state index contributed by atoms with van der Waals surface area (Å²) in [6.07, 6.45) is 0.787. The minimum Gasteiger partial charge on any atom is -0.487 e. The Kier molecular flexibility index (Phi) is 6.94. The molecule has 6 nitrogen and oxygen atoms in total. The van der Waals surface area contributed by atoms with Crippen molar-refractivity contribution in [2.75, 3.05) is 19.0 Å². The molecule has 1 atom stereocenters. The molecule has 0 fully saturated rings. The molecule has 1 N–H and O–H groups in total. The number of hydrogen-bond donors (Lipinski definition) is 1. The van der Waals surface area contributed by atoms with E-state index in [-0.39, 0.29) is 35.4 Å². The highest BCUT2D eigenvalue weighted by Gasteiger charge is 2.23. The van der Waals surface area contributed by atoms with Gasteiger partial charge in [0.1, 0.15) is 0 Å². The van der Waals surface area contributed by atoms with Crippen molar-refractivity contribution >= 4 is 23.2 Å². The molecular formula is C14H19ClN2O4. The van der Waals surface area contributed by atoms with E-state index in [0.717, 1.165) is 6.42 Å². The van der Waals surface area contributed by atoms with E-state index in [1.807, 2.05) is 6.92 Å². The zero-order valence-electron chi connectivity index (χ0n) is 12.1. The first-order chi connectivity index (χ1) is 10.0. The largest absolute Gasteiger partial charge is 0.487 e. The molecule has 7 heteroatoms. The van der Waals surface area contributed by atoms with Crippen molar-refractivity contribution in [1.82, 2.24) is 5.32 Å². The fourth-order valence-electron chi connectivity index (χ4n) is 1.79. The van der Waals surface area contributed by atoms with Crippen LogP contribution in [0.5, 0.6) is 5.75 Å². The monoisotopic (exact) mass is 314 g/mol. The van der Waals surface area contributed by atoms with E-state index >= 15 is 0 Å². The maximum Gasteiger partial charge on any atom is 0.311 e. The number of nitrogens with zero attached hydrogens (tertiary/aromatic N) is 1. The Bertz CT molecular complexity index is 508. The molecule has 0 aliphatic heterocycles. The van der Waals surface area contributed by atoms with E-state index in [4.69, 9.17) is 16.3 Å². The summed E-state index contributed by atoms with van der Waals surface area (Å²) in [5.41, 5.74) is -0.0394. The molecule has 21 heavy (non-hydrogen) atoms. The lowest BCUT2D eigenvalue weighted by molar-refractivity contribution is -0.385. The number of alkyl halides is 1. The van der Waals surface area contributed by atoms with Crippen molar-refractivity contribution in [3.63, 3.8) is 0 Å². The molecular weight excluding hydrogens is 296 g/mol. The third kappa shape index (κ3) is 4.90. The highest BCUT2D eigenvalue weighted by molar-refractivity contribution is 6.17. The summed E-state index contributed by atoms with van der Waals surface area (Å²) in [5.74, 6) is 0.384. The summed E-state index contributed by atoms with van der Waals surface area (Å²) in [6, 6.07) is 4.30. The Morgan fingerprint density at radius 3 is 2.81 bits per heavy atom. The molecule has 0 aromatic heterocycles. The van der Waals surface area contributed by atoms with Crippen LogP contribution in [-0.4, -0.2) is 29.9 Å².